The number of halogens is 1. The van der Waals surface area contributed by atoms with Crippen molar-refractivity contribution in [3.05, 3.63) is 35.1 Å². The number of alkyl carbamates (subject to hydrolysis) is 1. The number of rotatable bonds is 3. The Morgan fingerprint density at radius 3 is 2.67 bits per heavy atom. The van der Waals surface area contributed by atoms with E-state index in [4.69, 9.17) is 4.74 Å². The average molecular weight is 376 g/mol. The van der Waals surface area contributed by atoms with Gasteiger partial charge in [0.2, 0.25) is 5.91 Å². The van der Waals surface area contributed by atoms with Crippen LogP contribution in [0.25, 0.3) is 0 Å². The lowest BCUT2D eigenvalue weighted by Gasteiger charge is -2.42. The molecule has 5 nitrogen and oxygen atoms in total. The Balaban J connectivity index is 1.60. The molecule has 27 heavy (non-hydrogen) atoms. The van der Waals surface area contributed by atoms with Crippen molar-refractivity contribution in [2.45, 2.75) is 57.4 Å². The van der Waals surface area contributed by atoms with Crippen LogP contribution in [0.5, 0.6) is 0 Å². The highest BCUT2D eigenvalue weighted by Gasteiger charge is 2.38. The normalized spacial score (nSPS) is 25.7. The van der Waals surface area contributed by atoms with E-state index in [2.05, 4.69) is 5.32 Å². The second-order valence-electron chi connectivity index (χ2n) is 8.76. The maximum absolute atomic E-state index is 14.1. The molecule has 1 heterocycles. The fraction of sp³-hybridized carbons (Fsp3) is 0.619. The summed E-state index contributed by atoms with van der Waals surface area (Å²) in [6, 6.07) is 5.60. The molecule has 1 saturated carbocycles. The molecule has 2 fully saturated rings. The van der Waals surface area contributed by atoms with Gasteiger partial charge in [0.15, 0.2) is 0 Å². The van der Waals surface area contributed by atoms with Crippen molar-refractivity contribution in [3.8, 4) is 0 Å². The Bertz CT molecular complexity index is 723. The summed E-state index contributed by atoms with van der Waals surface area (Å²) in [7, 11) is 1.84. The molecule has 0 radical (unpaired) electrons. The van der Waals surface area contributed by atoms with Gasteiger partial charge in [-0.3, -0.25) is 4.79 Å². The maximum Gasteiger partial charge on any atom is 0.407 e. The van der Waals surface area contributed by atoms with Crippen molar-refractivity contribution < 1.29 is 18.7 Å². The van der Waals surface area contributed by atoms with Crippen LogP contribution in [-0.2, 0) is 14.9 Å². The van der Waals surface area contributed by atoms with Crippen LogP contribution in [-0.4, -0.2) is 43.1 Å². The van der Waals surface area contributed by atoms with Crippen LogP contribution in [0.4, 0.5) is 9.18 Å². The number of hydrogen-bond donors (Lipinski definition) is 1. The largest absolute Gasteiger partial charge is 0.450 e. The minimum absolute atomic E-state index is 0.0544. The highest BCUT2D eigenvalue weighted by atomic mass is 19.1. The lowest BCUT2D eigenvalue weighted by Crippen LogP contribution is -2.48. The molecular weight excluding hydrogens is 347 g/mol. The molecule has 148 valence electrons. The van der Waals surface area contributed by atoms with Gasteiger partial charge >= 0.3 is 6.09 Å². The van der Waals surface area contributed by atoms with Gasteiger partial charge in [0, 0.05) is 19.6 Å². The molecule has 0 unspecified atom stereocenters. The fourth-order valence-corrected chi connectivity index (χ4v) is 3.88. The van der Waals surface area contributed by atoms with Crippen LogP contribution in [0.3, 0.4) is 0 Å². The molecule has 3 rings (SSSR count). The number of nitrogens with one attached hydrogen (secondary N) is 1. The first-order valence-corrected chi connectivity index (χ1v) is 9.64. The van der Waals surface area contributed by atoms with Crippen LogP contribution in [0, 0.1) is 11.7 Å². The van der Waals surface area contributed by atoms with Crippen LogP contribution < -0.4 is 5.32 Å². The van der Waals surface area contributed by atoms with Gasteiger partial charge in [-0.1, -0.05) is 32.9 Å². The van der Waals surface area contributed by atoms with Crippen LogP contribution in [0.1, 0.15) is 57.1 Å². The van der Waals surface area contributed by atoms with E-state index in [9.17, 15) is 14.0 Å². The maximum atomic E-state index is 14.1. The third kappa shape index (κ3) is 4.25. The molecule has 2 aliphatic rings. The predicted octanol–water partition coefficient (Wildman–Crippen LogP) is 3.57. The van der Waals surface area contributed by atoms with E-state index >= 15 is 0 Å². The van der Waals surface area contributed by atoms with Crippen molar-refractivity contribution in [2.75, 3.05) is 20.2 Å². The van der Waals surface area contributed by atoms with Crippen molar-refractivity contribution in [1.82, 2.24) is 10.2 Å². The fourth-order valence-electron chi connectivity index (χ4n) is 3.88. The topological polar surface area (TPSA) is 58.6 Å². The van der Waals surface area contributed by atoms with E-state index in [1.54, 1.807) is 6.07 Å². The van der Waals surface area contributed by atoms with E-state index < -0.39 is 6.09 Å². The summed E-state index contributed by atoms with van der Waals surface area (Å²) in [5, 5.41) is 2.62. The Labute approximate surface area is 160 Å². The Hall–Kier alpha value is -2.11. The van der Waals surface area contributed by atoms with Gasteiger partial charge < -0.3 is 15.0 Å². The summed E-state index contributed by atoms with van der Waals surface area (Å²) >= 11 is 0. The SMILES string of the molecule is CN(C(=O)[C@@H]1CCOC(=O)NC1)[C@H]1C[C@@H](c2ccc(F)c(C(C)(C)C)c2)C1. The molecule has 1 aliphatic heterocycles. The average Bonchev–Trinajstić information content (AvgIpc) is 2.77. The third-order valence-corrected chi connectivity index (χ3v) is 5.82. The number of cyclic esters (lactones) is 1. The van der Waals surface area contributed by atoms with Crippen molar-refractivity contribution in [2.24, 2.45) is 5.92 Å². The minimum atomic E-state index is -0.456. The van der Waals surface area contributed by atoms with Crippen LogP contribution in [0.15, 0.2) is 18.2 Å². The first-order chi connectivity index (χ1) is 12.7. The van der Waals surface area contributed by atoms with Crippen LogP contribution >= 0.6 is 0 Å². The second-order valence-corrected chi connectivity index (χ2v) is 8.76. The standard InChI is InChI=1S/C21H29FN2O3/c1-21(2,3)17-11-13(5-6-18(17)22)15-9-16(10-15)24(4)19(25)14-7-8-27-20(26)23-12-14/h5-6,11,14-16H,7-10,12H2,1-4H3,(H,23,26)/t14-,15-,16+/m1/s1. The first-order valence-electron chi connectivity index (χ1n) is 9.64. The van der Waals surface area contributed by atoms with Gasteiger partial charge in [-0.25, -0.2) is 9.18 Å². The van der Waals surface area contributed by atoms with Crippen molar-refractivity contribution in [1.29, 1.82) is 0 Å². The summed E-state index contributed by atoms with van der Waals surface area (Å²) in [6.07, 6.45) is 1.85. The molecule has 1 saturated heterocycles. The summed E-state index contributed by atoms with van der Waals surface area (Å²) in [5.74, 6) is 0.00807. The third-order valence-electron chi connectivity index (χ3n) is 5.82. The molecule has 0 aromatic heterocycles. The first kappa shape index (κ1) is 19.6. The molecule has 1 aromatic rings. The molecule has 1 aliphatic carbocycles. The minimum Gasteiger partial charge on any atom is -0.450 e. The van der Waals surface area contributed by atoms with E-state index in [1.165, 1.54) is 0 Å². The monoisotopic (exact) mass is 376 g/mol. The molecule has 2 amide bonds. The zero-order chi connectivity index (χ0) is 19.8. The van der Waals surface area contributed by atoms with Crippen molar-refractivity contribution in [3.63, 3.8) is 0 Å². The lowest BCUT2D eigenvalue weighted by molar-refractivity contribution is -0.138. The zero-order valence-electron chi connectivity index (χ0n) is 16.5. The lowest BCUT2D eigenvalue weighted by atomic mass is 9.73. The summed E-state index contributed by atoms with van der Waals surface area (Å²) < 4.78 is 19.1. The molecular formula is C21H29FN2O3. The highest BCUT2D eigenvalue weighted by Crippen LogP contribution is 2.41. The predicted molar refractivity (Wildman–Crippen MR) is 101 cm³/mol. The second kappa shape index (κ2) is 7.49. The highest BCUT2D eigenvalue weighted by molar-refractivity contribution is 5.80. The van der Waals surface area contributed by atoms with E-state index in [1.807, 2.05) is 44.9 Å². The summed E-state index contributed by atoms with van der Waals surface area (Å²) in [5.41, 5.74) is 1.65. The molecule has 1 N–H and O–H groups in total. The van der Waals surface area contributed by atoms with Gasteiger partial charge in [-0.2, -0.15) is 0 Å². The number of nitrogens with zero attached hydrogens (tertiary/aromatic N) is 1. The quantitative estimate of drug-likeness (QED) is 0.877. The molecule has 0 bridgehead atoms. The summed E-state index contributed by atoms with van der Waals surface area (Å²) in [4.78, 5) is 25.8. The van der Waals surface area contributed by atoms with Gasteiger partial charge in [0.1, 0.15) is 5.82 Å². The zero-order valence-corrected chi connectivity index (χ0v) is 16.5. The molecule has 6 heteroatoms. The number of ether oxygens (including phenoxy) is 1. The van der Waals surface area contributed by atoms with Gasteiger partial charge in [-0.05, 0) is 47.8 Å². The Morgan fingerprint density at radius 2 is 2.00 bits per heavy atom. The molecule has 1 atom stereocenters. The number of benzene rings is 1. The summed E-state index contributed by atoms with van der Waals surface area (Å²) in [6.45, 7) is 6.64. The van der Waals surface area contributed by atoms with E-state index in [0.717, 1.165) is 24.0 Å². The smallest absolute Gasteiger partial charge is 0.407 e. The number of amides is 2. The van der Waals surface area contributed by atoms with Gasteiger partial charge in [0.05, 0.1) is 12.5 Å². The number of carbonyl (C=O) groups is 2. The Morgan fingerprint density at radius 1 is 1.30 bits per heavy atom. The molecule has 1 aromatic carbocycles. The van der Waals surface area contributed by atoms with Crippen molar-refractivity contribution >= 4 is 12.0 Å². The van der Waals surface area contributed by atoms with Gasteiger partial charge in [0.25, 0.3) is 0 Å². The number of hydrogen-bond acceptors (Lipinski definition) is 3. The van der Waals surface area contributed by atoms with E-state index in [0.29, 0.717) is 18.9 Å². The number of carbonyl (C=O) groups excluding carboxylic acids is 2. The Kier molecular flexibility index (Phi) is 5.45. The molecule has 0 spiro atoms. The van der Waals surface area contributed by atoms with E-state index in [-0.39, 0.29) is 35.7 Å². The van der Waals surface area contributed by atoms with Gasteiger partial charge in [-0.15, -0.1) is 0 Å². The van der Waals surface area contributed by atoms with Crippen LogP contribution in [0.2, 0.25) is 0 Å².